The lowest BCUT2D eigenvalue weighted by Gasteiger charge is -2.41. The van der Waals surface area contributed by atoms with Crippen molar-refractivity contribution in [2.75, 3.05) is 13.1 Å². The van der Waals surface area contributed by atoms with E-state index in [1.54, 1.807) is 26.8 Å². The molecule has 4 aliphatic rings. The van der Waals surface area contributed by atoms with Crippen LogP contribution < -0.4 is 25.5 Å². The highest BCUT2D eigenvalue weighted by Crippen LogP contribution is 2.46. The molecule has 1 aliphatic carbocycles. The smallest absolute Gasteiger partial charge is 0.479 e. The van der Waals surface area contributed by atoms with Gasteiger partial charge in [0.1, 0.15) is 34.7 Å². The van der Waals surface area contributed by atoms with Crippen molar-refractivity contribution in [2.24, 2.45) is 5.92 Å². The molecule has 0 aromatic heterocycles. The second kappa shape index (κ2) is 17.4. The van der Waals surface area contributed by atoms with Crippen molar-refractivity contribution < 1.29 is 69.6 Å². The molecule has 3 heterocycles. The van der Waals surface area contributed by atoms with E-state index in [1.165, 1.54) is 34.2 Å². The summed E-state index contributed by atoms with van der Waals surface area (Å²) in [5, 5.41) is 16.8. The molecular weight excluding hydrogens is 820 g/mol. The van der Waals surface area contributed by atoms with Crippen LogP contribution in [0.15, 0.2) is 60.7 Å². The number of aliphatic carboxylic acids is 1. The average molecular weight is 868 g/mol. The summed E-state index contributed by atoms with van der Waals surface area (Å²) in [5.41, 5.74) is 1.11. The van der Waals surface area contributed by atoms with Crippen molar-refractivity contribution in [1.82, 2.24) is 26.0 Å². The second-order valence-electron chi connectivity index (χ2n) is 16.6. The molecule has 61 heavy (non-hydrogen) atoms. The number of allylic oxidation sites excluding steroid dienone is 1. The van der Waals surface area contributed by atoms with E-state index in [2.05, 4.69) is 25.5 Å². The van der Waals surface area contributed by atoms with Gasteiger partial charge in [-0.15, -0.1) is 26.3 Å². The van der Waals surface area contributed by atoms with Gasteiger partial charge in [-0.3, -0.25) is 19.4 Å². The van der Waals surface area contributed by atoms with Gasteiger partial charge in [-0.05, 0) is 81.8 Å². The summed E-state index contributed by atoms with van der Waals surface area (Å²) in [4.78, 5) is 70.3. The van der Waals surface area contributed by atoms with Crippen molar-refractivity contribution in [1.29, 1.82) is 0 Å². The second-order valence-corrected chi connectivity index (χ2v) is 16.6. The third-order valence-electron chi connectivity index (χ3n) is 11.1. The fourth-order valence-electron chi connectivity index (χ4n) is 8.22. The Hall–Kier alpha value is -5.53. The Kier molecular flexibility index (Phi) is 12.9. The molecule has 20 heteroatoms. The van der Waals surface area contributed by atoms with E-state index in [1.807, 2.05) is 6.08 Å². The number of carbonyl (C=O) groups excluding carboxylic acids is 4. The Morgan fingerprint density at radius 1 is 0.852 bits per heavy atom. The molecule has 2 aromatic rings. The maximum absolute atomic E-state index is 14.7. The standard InChI is InChI=1S/C41H47F6N5O9/c1-38(2,3)61-37(58)49-30-10-8-6-4-5-7-9-25-20-39(25,36(56)57)50-33(53)31-19-26(22-51(31)34(30)54)52-35(55)32(24-13-17-28(18-14-24)60-41(45,46)47)29(21-48-52)23-11-15-27(16-12-23)59-40(42,43)44/h7,9,11-18,25-26,29-32,48H,4-6,8,10,19-22H2,1-3H3,(H,49,58)(H,50,53)(H,56,57)/b9-7-/t25-,26-,29?,30-,31?,32?,39+/m1/s1. The number of carboxylic acids is 1. The number of nitrogens with one attached hydrogen (secondary N) is 3. The van der Waals surface area contributed by atoms with Gasteiger partial charge >= 0.3 is 24.8 Å². The Bertz CT molecular complexity index is 1990. The number of carbonyl (C=O) groups is 5. The Labute approximate surface area is 346 Å². The number of hydrazine groups is 1. The molecule has 4 N–H and O–H groups in total. The van der Waals surface area contributed by atoms with Crippen LogP contribution in [0.5, 0.6) is 11.5 Å². The van der Waals surface area contributed by atoms with Crippen molar-refractivity contribution in [3.63, 3.8) is 0 Å². The van der Waals surface area contributed by atoms with Crippen LogP contribution in [0, 0.1) is 5.92 Å². The molecule has 2 saturated heterocycles. The van der Waals surface area contributed by atoms with Crippen LogP contribution in [-0.4, -0.2) is 99.9 Å². The monoisotopic (exact) mass is 867 g/mol. The van der Waals surface area contributed by atoms with Gasteiger partial charge in [0.25, 0.3) is 0 Å². The van der Waals surface area contributed by atoms with E-state index in [9.17, 15) is 55.4 Å². The molecule has 7 atom stereocenters. The number of ether oxygens (including phenoxy) is 3. The summed E-state index contributed by atoms with van der Waals surface area (Å²) in [6.07, 6.45) is -4.61. The Morgan fingerprint density at radius 3 is 2.03 bits per heavy atom. The molecule has 3 unspecified atom stereocenters. The fourth-order valence-corrected chi connectivity index (χ4v) is 8.22. The number of rotatable bonds is 7. The third kappa shape index (κ3) is 11.1. The van der Waals surface area contributed by atoms with E-state index in [0.717, 1.165) is 24.3 Å². The predicted octanol–water partition coefficient (Wildman–Crippen LogP) is 6.04. The number of hydrogen-bond donors (Lipinski definition) is 4. The zero-order valence-electron chi connectivity index (χ0n) is 33.5. The number of halogens is 6. The van der Waals surface area contributed by atoms with Crippen LogP contribution in [0.2, 0.25) is 0 Å². The highest BCUT2D eigenvalue weighted by atomic mass is 19.4. The zero-order chi connectivity index (χ0) is 44.5. The average Bonchev–Trinajstić information content (AvgIpc) is 3.67. The normalized spacial score (nSPS) is 28.3. The highest BCUT2D eigenvalue weighted by Gasteiger charge is 2.61. The maximum Gasteiger partial charge on any atom is 0.573 e. The lowest BCUT2D eigenvalue weighted by molar-refractivity contribution is -0.275. The van der Waals surface area contributed by atoms with Gasteiger partial charge in [0, 0.05) is 31.3 Å². The quantitative estimate of drug-likeness (QED) is 0.190. The minimum atomic E-state index is -5.00. The summed E-state index contributed by atoms with van der Waals surface area (Å²) in [6.45, 7) is 4.64. The van der Waals surface area contributed by atoms with E-state index in [4.69, 9.17) is 4.74 Å². The molecule has 14 nitrogen and oxygen atoms in total. The molecule has 0 spiro atoms. The molecule has 3 fully saturated rings. The van der Waals surface area contributed by atoms with Crippen molar-refractivity contribution >= 4 is 29.8 Å². The minimum absolute atomic E-state index is 0.0447. The van der Waals surface area contributed by atoms with Crippen LogP contribution in [0.25, 0.3) is 0 Å². The van der Waals surface area contributed by atoms with Crippen LogP contribution in [0.3, 0.4) is 0 Å². The lowest BCUT2D eigenvalue weighted by Crippen LogP contribution is -2.59. The van der Waals surface area contributed by atoms with Gasteiger partial charge in [-0.1, -0.05) is 49.3 Å². The molecule has 1 saturated carbocycles. The van der Waals surface area contributed by atoms with Crippen LogP contribution in [0.4, 0.5) is 31.1 Å². The first-order valence-corrected chi connectivity index (χ1v) is 19.8. The first kappa shape index (κ1) is 45.0. The molecular formula is C41H47F6N5O9. The number of benzene rings is 2. The number of hydrogen-bond acceptors (Lipinski definition) is 9. The summed E-state index contributed by atoms with van der Waals surface area (Å²) in [7, 11) is 0. The number of amides is 4. The minimum Gasteiger partial charge on any atom is -0.479 e. The first-order chi connectivity index (χ1) is 28.5. The van der Waals surface area contributed by atoms with Gasteiger partial charge in [0.05, 0.1) is 12.0 Å². The Balaban J connectivity index is 1.33. The molecule has 2 aromatic carbocycles. The summed E-state index contributed by atoms with van der Waals surface area (Å²) >= 11 is 0. The molecule has 0 bridgehead atoms. The van der Waals surface area contributed by atoms with Gasteiger partial charge in [-0.25, -0.2) is 15.0 Å². The third-order valence-corrected chi connectivity index (χ3v) is 11.1. The van der Waals surface area contributed by atoms with E-state index in [-0.39, 0.29) is 37.9 Å². The summed E-state index contributed by atoms with van der Waals surface area (Å²) < 4.78 is 91.3. The predicted molar refractivity (Wildman–Crippen MR) is 202 cm³/mol. The van der Waals surface area contributed by atoms with Crippen molar-refractivity contribution in [3.05, 3.63) is 71.8 Å². The van der Waals surface area contributed by atoms with Crippen LogP contribution in [0.1, 0.15) is 88.7 Å². The van der Waals surface area contributed by atoms with E-state index in [0.29, 0.717) is 31.2 Å². The van der Waals surface area contributed by atoms with Crippen LogP contribution >= 0.6 is 0 Å². The lowest BCUT2D eigenvalue weighted by atomic mass is 9.79. The van der Waals surface area contributed by atoms with Gasteiger partial charge < -0.3 is 34.9 Å². The van der Waals surface area contributed by atoms with E-state index < -0.39 is 101 Å². The Morgan fingerprint density at radius 2 is 1.46 bits per heavy atom. The molecule has 3 aliphatic heterocycles. The number of alkyl halides is 6. The number of fused-ring (bicyclic) bond motifs is 2. The largest absolute Gasteiger partial charge is 0.573 e. The van der Waals surface area contributed by atoms with Crippen molar-refractivity contribution in [3.8, 4) is 11.5 Å². The molecule has 4 amide bonds. The van der Waals surface area contributed by atoms with Gasteiger partial charge in [0.2, 0.25) is 17.7 Å². The topological polar surface area (TPSA) is 176 Å². The number of nitrogens with zero attached hydrogens (tertiary/aromatic N) is 2. The SMILES string of the molecule is CC(C)(C)OC(=O)N[C@@H]1CCCCC/C=C\[C@@H]2C[C@]2(C(=O)O)NC(=O)C2C[C@@H](N3NCC(c4ccc(OC(F)(F)F)cc4)C(c4ccc(OC(F)(F)F)cc4)C3=O)CN2C1=O. The van der Waals surface area contributed by atoms with Crippen molar-refractivity contribution in [2.45, 2.75) is 120 Å². The van der Waals surface area contributed by atoms with E-state index >= 15 is 0 Å². The zero-order valence-corrected chi connectivity index (χ0v) is 33.5. The molecule has 0 radical (unpaired) electrons. The number of alkyl carbamates (subject to hydrolysis) is 1. The van der Waals surface area contributed by atoms with Gasteiger partial charge in [0.15, 0.2) is 0 Å². The van der Waals surface area contributed by atoms with Crippen LogP contribution in [-0.2, 0) is 23.9 Å². The maximum atomic E-state index is 14.7. The fraction of sp³-hybridized carbons (Fsp3) is 0.537. The molecule has 6 rings (SSSR count). The first-order valence-electron chi connectivity index (χ1n) is 19.8. The summed E-state index contributed by atoms with van der Waals surface area (Å²) in [5.74, 6) is -6.91. The number of carboxylic acid groups (broad SMARTS) is 1. The molecule has 332 valence electrons. The highest BCUT2D eigenvalue weighted by molar-refractivity contribution is 5.96. The summed E-state index contributed by atoms with van der Waals surface area (Å²) in [6, 6.07) is 5.91. The van der Waals surface area contributed by atoms with Gasteiger partial charge in [-0.2, -0.15) is 0 Å².